The van der Waals surface area contributed by atoms with Gasteiger partial charge < -0.3 is 24.8 Å². The highest BCUT2D eigenvalue weighted by atomic mass is 16.6. The Morgan fingerprint density at radius 2 is 1.75 bits per heavy atom. The molecule has 0 saturated carbocycles. The molecule has 0 aromatic heterocycles. The minimum Gasteiger partial charge on any atom is -0.387 e. The van der Waals surface area contributed by atoms with Gasteiger partial charge >= 0.3 is 0 Å². The first-order valence-electron chi connectivity index (χ1n) is 3.80. The van der Waals surface area contributed by atoms with Crippen LogP contribution in [0.1, 0.15) is 6.92 Å². The van der Waals surface area contributed by atoms with Crippen LogP contribution in [0.15, 0.2) is 0 Å². The highest BCUT2D eigenvalue weighted by molar-refractivity contribution is 4.87. The third-order valence-electron chi connectivity index (χ3n) is 2.07. The molecule has 5 heteroatoms. The van der Waals surface area contributed by atoms with Gasteiger partial charge in [-0.25, -0.2) is 0 Å². The minimum atomic E-state index is -1.33. The van der Waals surface area contributed by atoms with E-state index < -0.39 is 30.7 Å². The third kappa shape index (κ3) is 1.60. The lowest BCUT2D eigenvalue weighted by atomic mass is 10.00. The van der Waals surface area contributed by atoms with Gasteiger partial charge in [0.2, 0.25) is 0 Å². The van der Waals surface area contributed by atoms with Crippen LogP contribution in [0.4, 0.5) is 0 Å². The molecule has 1 heterocycles. The summed E-state index contributed by atoms with van der Waals surface area (Å²) in [5.74, 6) is 0. The largest absolute Gasteiger partial charge is 0.387 e. The number of aliphatic hydroxyl groups is 3. The first-order valence-corrected chi connectivity index (χ1v) is 3.80. The molecular weight excluding hydrogens is 164 g/mol. The SMILES string of the molecule is CO[C@H]1[C@H](O)[C@@H](O)C(O)O[C@@H]1C. The van der Waals surface area contributed by atoms with Crippen molar-refractivity contribution in [3.63, 3.8) is 0 Å². The third-order valence-corrected chi connectivity index (χ3v) is 2.07. The molecule has 5 nitrogen and oxygen atoms in total. The van der Waals surface area contributed by atoms with E-state index in [-0.39, 0.29) is 0 Å². The van der Waals surface area contributed by atoms with Gasteiger partial charge in [0.25, 0.3) is 0 Å². The zero-order valence-electron chi connectivity index (χ0n) is 7.04. The van der Waals surface area contributed by atoms with Crippen LogP contribution in [0, 0.1) is 0 Å². The molecule has 5 atom stereocenters. The lowest BCUT2D eigenvalue weighted by Crippen LogP contribution is -2.57. The second-order valence-corrected chi connectivity index (χ2v) is 2.91. The van der Waals surface area contributed by atoms with Crippen molar-refractivity contribution in [3.05, 3.63) is 0 Å². The highest BCUT2D eigenvalue weighted by Gasteiger charge is 2.41. The number of aliphatic hydroxyl groups excluding tert-OH is 3. The summed E-state index contributed by atoms with van der Waals surface area (Å²) in [6.07, 6.45) is -4.76. The average Bonchev–Trinajstić information content (AvgIpc) is 2.01. The molecule has 0 spiro atoms. The molecule has 1 rings (SSSR count). The molecule has 0 aromatic rings. The van der Waals surface area contributed by atoms with Crippen LogP contribution in [0.2, 0.25) is 0 Å². The quantitative estimate of drug-likeness (QED) is 0.453. The van der Waals surface area contributed by atoms with Crippen molar-refractivity contribution >= 4 is 0 Å². The second-order valence-electron chi connectivity index (χ2n) is 2.91. The molecule has 0 radical (unpaired) electrons. The number of rotatable bonds is 1. The second kappa shape index (κ2) is 3.68. The fraction of sp³-hybridized carbons (Fsp3) is 1.00. The number of ether oxygens (including phenoxy) is 2. The maximum Gasteiger partial charge on any atom is 0.183 e. The van der Waals surface area contributed by atoms with Gasteiger partial charge in [-0.05, 0) is 6.92 Å². The summed E-state index contributed by atoms with van der Waals surface area (Å²) in [6.45, 7) is 1.66. The van der Waals surface area contributed by atoms with Crippen molar-refractivity contribution in [3.8, 4) is 0 Å². The maximum absolute atomic E-state index is 9.36. The maximum atomic E-state index is 9.36. The molecule has 1 aliphatic rings. The fourth-order valence-corrected chi connectivity index (χ4v) is 1.35. The topological polar surface area (TPSA) is 79.2 Å². The van der Waals surface area contributed by atoms with Crippen LogP contribution >= 0.6 is 0 Å². The summed E-state index contributed by atoms with van der Waals surface area (Å²) >= 11 is 0. The van der Waals surface area contributed by atoms with Crippen LogP contribution < -0.4 is 0 Å². The van der Waals surface area contributed by atoms with Gasteiger partial charge in [0, 0.05) is 7.11 Å². The van der Waals surface area contributed by atoms with Crippen molar-refractivity contribution in [2.75, 3.05) is 7.11 Å². The lowest BCUT2D eigenvalue weighted by Gasteiger charge is -2.38. The Morgan fingerprint density at radius 3 is 2.25 bits per heavy atom. The van der Waals surface area contributed by atoms with Gasteiger partial charge in [-0.2, -0.15) is 0 Å². The molecule has 3 N–H and O–H groups in total. The van der Waals surface area contributed by atoms with E-state index in [0.29, 0.717) is 0 Å². The van der Waals surface area contributed by atoms with Crippen molar-refractivity contribution in [1.29, 1.82) is 0 Å². The van der Waals surface area contributed by atoms with Crippen molar-refractivity contribution in [2.45, 2.75) is 37.6 Å². The summed E-state index contributed by atoms with van der Waals surface area (Å²) in [4.78, 5) is 0. The Bertz CT molecular complexity index is 151. The Hall–Kier alpha value is -0.200. The average molecular weight is 178 g/mol. The number of methoxy groups -OCH3 is 1. The van der Waals surface area contributed by atoms with Gasteiger partial charge in [-0.1, -0.05) is 0 Å². The molecule has 1 unspecified atom stereocenters. The fourth-order valence-electron chi connectivity index (χ4n) is 1.35. The molecule has 72 valence electrons. The van der Waals surface area contributed by atoms with Crippen LogP contribution in [0.25, 0.3) is 0 Å². The van der Waals surface area contributed by atoms with Crippen LogP contribution in [-0.2, 0) is 9.47 Å². The van der Waals surface area contributed by atoms with E-state index in [0.717, 1.165) is 0 Å². The van der Waals surface area contributed by atoms with E-state index in [9.17, 15) is 5.11 Å². The summed E-state index contributed by atoms with van der Waals surface area (Å²) in [5, 5.41) is 27.6. The van der Waals surface area contributed by atoms with Crippen molar-refractivity contribution in [2.24, 2.45) is 0 Å². The van der Waals surface area contributed by atoms with E-state index in [2.05, 4.69) is 0 Å². The van der Waals surface area contributed by atoms with Gasteiger partial charge in [-0.3, -0.25) is 0 Å². The first-order chi connectivity index (χ1) is 5.57. The molecule has 0 bridgehead atoms. The number of hydrogen-bond acceptors (Lipinski definition) is 5. The molecule has 1 aliphatic heterocycles. The normalized spacial score (nSPS) is 49.2. The molecule has 1 saturated heterocycles. The summed E-state index contributed by atoms with van der Waals surface area (Å²) < 4.78 is 9.78. The Kier molecular flexibility index (Phi) is 3.03. The standard InChI is InChI=1S/C7H14O5/c1-3-6(11-2)4(8)5(9)7(10)12-3/h3-10H,1-2H3/t3-,4-,5-,6-,7?/m1/s1. The highest BCUT2D eigenvalue weighted by Crippen LogP contribution is 2.21. The van der Waals surface area contributed by atoms with Gasteiger partial charge in [0.15, 0.2) is 6.29 Å². The van der Waals surface area contributed by atoms with Crippen LogP contribution in [0.5, 0.6) is 0 Å². The predicted octanol–water partition coefficient (Wildman–Crippen LogP) is -1.54. The molecule has 0 aromatic carbocycles. The zero-order chi connectivity index (χ0) is 9.30. The predicted molar refractivity (Wildman–Crippen MR) is 39.4 cm³/mol. The van der Waals surface area contributed by atoms with Gasteiger partial charge in [0.05, 0.1) is 6.10 Å². The summed E-state index contributed by atoms with van der Waals surface area (Å²) in [7, 11) is 1.41. The monoisotopic (exact) mass is 178 g/mol. The van der Waals surface area contributed by atoms with Gasteiger partial charge in [-0.15, -0.1) is 0 Å². The van der Waals surface area contributed by atoms with Gasteiger partial charge in [0.1, 0.15) is 18.3 Å². The van der Waals surface area contributed by atoms with Crippen LogP contribution in [-0.4, -0.2) is 53.1 Å². The van der Waals surface area contributed by atoms with E-state index in [1.807, 2.05) is 0 Å². The summed E-state index contributed by atoms with van der Waals surface area (Å²) in [5.41, 5.74) is 0. The lowest BCUT2D eigenvalue weighted by molar-refractivity contribution is -0.281. The van der Waals surface area contributed by atoms with Crippen molar-refractivity contribution < 1.29 is 24.8 Å². The van der Waals surface area contributed by atoms with Crippen LogP contribution in [0.3, 0.4) is 0 Å². The Labute approximate surface area is 70.5 Å². The Morgan fingerprint density at radius 1 is 1.17 bits per heavy atom. The van der Waals surface area contributed by atoms with E-state index in [4.69, 9.17) is 19.7 Å². The molecule has 12 heavy (non-hydrogen) atoms. The molecule has 0 aliphatic carbocycles. The molecule has 1 fully saturated rings. The summed E-state index contributed by atoms with van der Waals surface area (Å²) in [6, 6.07) is 0. The molecular formula is C7H14O5. The molecule has 0 amide bonds. The van der Waals surface area contributed by atoms with E-state index >= 15 is 0 Å². The number of hydrogen-bond donors (Lipinski definition) is 3. The van der Waals surface area contributed by atoms with E-state index in [1.54, 1.807) is 6.92 Å². The van der Waals surface area contributed by atoms with E-state index in [1.165, 1.54) is 7.11 Å². The minimum absolute atomic E-state index is 0.427. The zero-order valence-corrected chi connectivity index (χ0v) is 7.04. The smallest absolute Gasteiger partial charge is 0.183 e. The Balaban J connectivity index is 2.65. The first kappa shape index (κ1) is 9.88. The van der Waals surface area contributed by atoms with Crippen molar-refractivity contribution in [1.82, 2.24) is 0 Å².